The first-order chi connectivity index (χ1) is 10.1. The number of anilines is 1. The molecule has 1 aromatic heterocycles. The Hall–Kier alpha value is -2.19. The van der Waals surface area contributed by atoms with Crippen LogP contribution in [0.5, 0.6) is 0 Å². The van der Waals surface area contributed by atoms with E-state index in [2.05, 4.69) is 16.8 Å². The van der Waals surface area contributed by atoms with Crippen molar-refractivity contribution in [2.45, 2.75) is 33.1 Å². The smallest absolute Gasteiger partial charge is 0.241 e. The summed E-state index contributed by atoms with van der Waals surface area (Å²) in [5, 5.41) is 0. The summed E-state index contributed by atoms with van der Waals surface area (Å²) in [6.07, 6.45) is 1.55. The Labute approximate surface area is 124 Å². The second-order valence-corrected chi connectivity index (χ2v) is 5.09. The molecule has 110 valence electrons. The normalized spacial score (nSPS) is 16.8. The standard InChI is InChI=1S/C16H19N3O2/c1-3-16(4-2)11-14(20)19(15(16)21)13-9-5-7-12(18-13)8-6-10-17/h5,7,9H,3-4,10-11,17H2,1-2H3. The molecule has 1 aliphatic heterocycles. The van der Waals surface area contributed by atoms with Gasteiger partial charge in [-0.25, -0.2) is 9.88 Å². The highest BCUT2D eigenvalue weighted by Gasteiger charge is 2.50. The van der Waals surface area contributed by atoms with Crippen molar-refractivity contribution in [3.8, 4) is 11.8 Å². The number of carbonyl (C=O) groups excluding carboxylic acids is 2. The highest BCUT2D eigenvalue weighted by molar-refractivity contribution is 6.22. The Bertz CT molecular complexity index is 624. The van der Waals surface area contributed by atoms with E-state index in [0.29, 0.717) is 24.4 Å². The number of hydrogen-bond acceptors (Lipinski definition) is 4. The van der Waals surface area contributed by atoms with Crippen molar-refractivity contribution in [1.82, 2.24) is 4.98 Å². The lowest BCUT2D eigenvalue weighted by molar-refractivity contribution is -0.126. The molecule has 2 heterocycles. The number of hydrogen-bond donors (Lipinski definition) is 1. The molecule has 0 unspecified atom stereocenters. The van der Waals surface area contributed by atoms with Crippen molar-refractivity contribution in [3.05, 3.63) is 23.9 Å². The molecule has 0 bridgehead atoms. The first-order valence-corrected chi connectivity index (χ1v) is 7.11. The molecule has 1 fully saturated rings. The van der Waals surface area contributed by atoms with E-state index in [1.807, 2.05) is 13.8 Å². The molecule has 1 aromatic rings. The molecule has 0 saturated carbocycles. The quantitative estimate of drug-likeness (QED) is 0.674. The van der Waals surface area contributed by atoms with Crippen molar-refractivity contribution in [2.24, 2.45) is 11.1 Å². The van der Waals surface area contributed by atoms with Crippen molar-refractivity contribution in [2.75, 3.05) is 11.4 Å². The Morgan fingerprint density at radius 1 is 1.33 bits per heavy atom. The van der Waals surface area contributed by atoms with Gasteiger partial charge in [0.15, 0.2) is 0 Å². The Balaban J connectivity index is 2.38. The zero-order chi connectivity index (χ0) is 15.5. The monoisotopic (exact) mass is 285 g/mol. The summed E-state index contributed by atoms with van der Waals surface area (Å²) < 4.78 is 0. The highest BCUT2D eigenvalue weighted by atomic mass is 16.2. The van der Waals surface area contributed by atoms with Gasteiger partial charge in [-0.15, -0.1) is 0 Å². The highest BCUT2D eigenvalue weighted by Crippen LogP contribution is 2.40. The van der Waals surface area contributed by atoms with Crippen LogP contribution < -0.4 is 10.6 Å². The molecular weight excluding hydrogens is 266 g/mol. The van der Waals surface area contributed by atoms with Crippen LogP contribution in [0.4, 0.5) is 5.82 Å². The van der Waals surface area contributed by atoms with Gasteiger partial charge in [0.1, 0.15) is 11.5 Å². The van der Waals surface area contributed by atoms with Crippen LogP contribution in [0.15, 0.2) is 18.2 Å². The maximum Gasteiger partial charge on any atom is 0.241 e. The molecule has 5 heteroatoms. The SMILES string of the molecule is CCC1(CC)CC(=O)N(c2cccc(C#CCN)n2)C1=O. The van der Waals surface area contributed by atoms with Gasteiger partial charge < -0.3 is 5.73 Å². The number of nitrogens with two attached hydrogens (primary N) is 1. The van der Waals surface area contributed by atoms with Gasteiger partial charge >= 0.3 is 0 Å². The van der Waals surface area contributed by atoms with Crippen LogP contribution in [-0.2, 0) is 9.59 Å². The van der Waals surface area contributed by atoms with Crippen LogP contribution in [0.1, 0.15) is 38.8 Å². The third-order valence-electron chi connectivity index (χ3n) is 4.03. The van der Waals surface area contributed by atoms with Crippen LogP contribution in [0.25, 0.3) is 0 Å². The maximum absolute atomic E-state index is 12.6. The molecule has 0 radical (unpaired) electrons. The zero-order valence-corrected chi connectivity index (χ0v) is 12.3. The summed E-state index contributed by atoms with van der Waals surface area (Å²) >= 11 is 0. The lowest BCUT2D eigenvalue weighted by atomic mass is 9.81. The van der Waals surface area contributed by atoms with E-state index in [0.717, 1.165) is 0 Å². The van der Waals surface area contributed by atoms with E-state index < -0.39 is 5.41 Å². The molecule has 5 nitrogen and oxygen atoms in total. The fourth-order valence-corrected chi connectivity index (χ4v) is 2.59. The number of nitrogens with zero attached hydrogens (tertiary/aromatic N) is 2. The summed E-state index contributed by atoms with van der Waals surface area (Å²) in [4.78, 5) is 30.4. The minimum absolute atomic E-state index is 0.158. The van der Waals surface area contributed by atoms with Gasteiger partial charge in [-0.05, 0) is 30.9 Å². The molecule has 1 aliphatic rings. The summed E-state index contributed by atoms with van der Waals surface area (Å²) in [5.74, 6) is 5.51. The zero-order valence-electron chi connectivity index (χ0n) is 12.3. The summed E-state index contributed by atoms with van der Waals surface area (Å²) in [6, 6.07) is 5.12. The van der Waals surface area contributed by atoms with Gasteiger partial charge in [0, 0.05) is 6.42 Å². The lowest BCUT2D eigenvalue weighted by Crippen LogP contribution is -2.35. The lowest BCUT2D eigenvalue weighted by Gasteiger charge is -2.23. The van der Waals surface area contributed by atoms with Gasteiger partial charge in [0.05, 0.1) is 12.0 Å². The van der Waals surface area contributed by atoms with E-state index in [9.17, 15) is 9.59 Å². The van der Waals surface area contributed by atoms with Gasteiger partial charge in [0.25, 0.3) is 0 Å². The number of pyridine rings is 1. The topological polar surface area (TPSA) is 76.3 Å². The number of amides is 2. The summed E-state index contributed by atoms with van der Waals surface area (Å²) in [6.45, 7) is 4.12. The molecule has 0 spiro atoms. The predicted molar refractivity (Wildman–Crippen MR) is 80.3 cm³/mol. The fraction of sp³-hybridized carbons (Fsp3) is 0.438. The summed E-state index contributed by atoms with van der Waals surface area (Å²) in [5.41, 5.74) is 5.25. The van der Waals surface area contributed by atoms with Gasteiger partial charge in [-0.1, -0.05) is 25.8 Å². The molecule has 2 N–H and O–H groups in total. The van der Waals surface area contributed by atoms with E-state index in [1.54, 1.807) is 18.2 Å². The number of carbonyl (C=O) groups is 2. The van der Waals surface area contributed by atoms with Crippen LogP contribution >= 0.6 is 0 Å². The second-order valence-electron chi connectivity index (χ2n) is 5.09. The van der Waals surface area contributed by atoms with Crippen molar-refractivity contribution >= 4 is 17.6 Å². The predicted octanol–water partition coefficient (Wildman–Crippen LogP) is 1.46. The van der Waals surface area contributed by atoms with Crippen LogP contribution in [0.2, 0.25) is 0 Å². The molecule has 2 amide bonds. The van der Waals surface area contributed by atoms with Crippen molar-refractivity contribution < 1.29 is 9.59 Å². The van der Waals surface area contributed by atoms with Gasteiger partial charge in [0.2, 0.25) is 11.8 Å². The molecule has 0 aliphatic carbocycles. The molecule has 2 rings (SSSR count). The molecule has 21 heavy (non-hydrogen) atoms. The van der Waals surface area contributed by atoms with Crippen molar-refractivity contribution in [3.63, 3.8) is 0 Å². The van der Waals surface area contributed by atoms with Gasteiger partial charge in [-0.3, -0.25) is 9.59 Å². The largest absolute Gasteiger partial charge is 0.320 e. The molecule has 0 aromatic carbocycles. The minimum Gasteiger partial charge on any atom is -0.320 e. The average molecular weight is 285 g/mol. The summed E-state index contributed by atoms with van der Waals surface area (Å²) in [7, 11) is 0. The third kappa shape index (κ3) is 2.67. The van der Waals surface area contributed by atoms with Crippen LogP contribution in [0.3, 0.4) is 0 Å². The molecule has 1 saturated heterocycles. The average Bonchev–Trinajstić information content (AvgIpc) is 2.76. The van der Waals surface area contributed by atoms with E-state index in [-0.39, 0.29) is 24.8 Å². The minimum atomic E-state index is -0.586. The van der Waals surface area contributed by atoms with Crippen LogP contribution in [-0.4, -0.2) is 23.3 Å². The first kappa shape index (κ1) is 15.2. The number of aromatic nitrogens is 1. The Morgan fingerprint density at radius 2 is 2.05 bits per heavy atom. The van der Waals surface area contributed by atoms with E-state index >= 15 is 0 Å². The Morgan fingerprint density at radius 3 is 2.62 bits per heavy atom. The molecule has 0 atom stereocenters. The van der Waals surface area contributed by atoms with Crippen LogP contribution in [0, 0.1) is 17.3 Å². The maximum atomic E-state index is 12.6. The van der Waals surface area contributed by atoms with E-state index in [4.69, 9.17) is 5.73 Å². The number of rotatable bonds is 3. The van der Waals surface area contributed by atoms with Crippen molar-refractivity contribution in [1.29, 1.82) is 0 Å². The third-order valence-corrected chi connectivity index (χ3v) is 4.03. The Kier molecular flexibility index (Phi) is 4.39. The van der Waals surface area contributed by atoms with Gasteiger partial charge in [-0.2, -0.15) is 0 Å². The number of imide groups is 1. The van der Waals surface area contributed by atoms with E-state index in [1.165, 1.54) is 4.90 Å². The first-order valence-electron chi connectivity index (χ1n) is 7.11. The molecular formula is C16H19N3O2. The second kappa shape index (κ2) is 6.06. The fourth-order valence-electron chi connectivity index (χ4n) is 2.59.